The van der Waals surface area contributed by atoms with E-state index in [1.54, 1.807) is 7.05 Å². The molecule has 3 atom stereocenters. The number of carbonyl (C=O) groups is 1. The summed E-state index contributed by atoms with van der Waals surface area (Å²) >= 11 is 4.50. The topological polar surface area (TPSA) is 87.6 Å². The predicted octanol–water partition coefficient (Wildman–Crippen LogP) is 2.18. The van der Waals surface area contributed by atoms with Crippen molar-refractivity contribution in [2.24, 2.45) is 10.3 Å². The highest BCUT2D eigenvalue weighted by Gasteiger charge is 2.50. The molecular formula is C16H23N3O3S2. The van der Waals surface area contributed by atoms with Gasteiger partial charge in [0.25, 0.3) is 0 Å². The summed E-state index contributed by atoms with van der Waals surface area (Å²) in [4.78, 5) is 9.54. The number of nitrogens with one attached hydrogen (secondary N) is 2. The van der Waals surface area contributed by atoms with E-state index in [2.05, 4.69) is 65.3 Å². The van der Waals surface area contributed by atoms with Crippen molar-refractivity contribution < 1.29 is 13.2 Å². The van der Waals surface area contributed by atoms with Crippen LogP contribution in [0.1, 0.15) is 36.8 Å². The average molecular weight is 370 g/mol. The van der Waals surface area contributed by atoms with Gasteiger partial charge in [0.1, 0.15) is 0 Å². The monoisotopic (exact) mass is 369 g/mol. The Bertz CT molecular complexity index is 679. The van der Waals surface area contributed by atoms with Gasteiger partial charge in [0, 0.05) is 13.0 Å². The Balaban J connectivity index is 0.000000351. The first-order valence-electron chi connectivity index (χ1n) is 7.73. The molecule has 2 N–H and O–H groups in total. The molecule has 2 rings (SSSR count). The van der Waals surface area contributed by atoms with Crippen molar-refractivity contribution in [1.82, 2.24) is 10.6 Å². The van der Waals surface area contributed by atoms with Crippen LogP contribution in [-0.4, -0.2) is 33.0 Å². The normalized spacial score (nSPS) is 20.9. The first-order valence-corrected chi connectivity index (χ1v) is 9.17. The zero-order chi connectivity index (χ0) is 18.1. The number of hydrogen-bond acceptors (Lipinski definition) is 5. The van der Waals surface area contributed by atoms with Gasteiger partial charge in [-0.2, -0.15) is 12.8 Å². The summed E-state index contributed by atoms with van der Waals surface area (Å²) in [6.07, 6.45) is 2.65. The maximum Gasteiger partial charge on any atom is 0.311 e. The van der Waals surface area contributed by atoms with Crippen LogP contribution in [0.2, 0.25) is 0 Å². The molecule has 1 fully saturated rings. The highest BCUT2D eigenvalue weighted by atomic mass is 32.2. The maximum atomic E-state index is 10.7. The molecule has 0 bridgehead atoms. The average Bonchev–Trinajstić information content (AvgIpc) is 3.20. The Morgan fingerprint density at radius 2 is 1.96 bits per heavy atom. The highest BCUT2D eigenvalue weighted by Crippen LogP contribution is 2.52. The van der Waals surface area contributed by atoms with E-state index in [9.17, 15) is 13.2 Å². The number of thiocarbonyl (C=S) groups is 1. The van der Waals surface area contributed by atoms with Gasteiger partial charge >= 0.3 is 10.5 Å². The van der Waals surface area contributed by atoms with Crippen molar-refractivity contribution in [3.8, 4) is 0 Å². The molecule has 0 spiro atoms. The molecule has 1 saturated carbocycles. The minimum Gasteiger partial charge on any atom is -0.365 e. The Morgan fingerprint density at radius 1 is 1.33 bits per heavy atom. The quantitative estimate of drug-likeness (QED) is 0.613. The standard InChI is InChI=1S/C13H17NO2S.C3H6N2OS/c1-3-4-11-12(13(11)14-17(15)16)10-7-5-9(2)6-8-10;1-4-3(7)5-2-6/h5-8,11-13H,3-4H2,1-2H3;2H,1H3,(H2,4,5,6,7). The molecule has 24 heavy (non-hydrogen) atoms. The molecule has 1 amide bonds. The van der Waals surface area contributed by atoms with Gasteiger partial charge in [-0.1, -0.05) is 43.2 Å². The summed E-state index contributed by atoms with van der Waals surface area (Å²) < 4.78 is 25.1. The molecular weight excluding hydrogens is 346 g/mol. The van der Waals surface area contributed by atoms with Crippen LogP contribution in [0.3, 0.4) is 0 Å². The summed E-state index contributed by atoms with van der Waals surface area (Å²) in [5.74, 6) is 0.703. The summed E-state index contributed by atoms with van der Waals surface area (Å²) in [5, 5.41) is 5.13. The van der Waals surface area contributed by atoms with Gasteiger partial charge in [-0.25, -0.2) is 0 Å². The molecule has 0 heterocycles. The van der Waals surface area contributed by atoms with Crippen molar-refractivity contribution in [2.75, 3.05) is 7.05 Å². The molecule has 0 aromatic heterocycles. The number of aryl methyl sites for hydroxylation is 1. The summed E-state index contributed by atoms with van der Waals surface area (Å²) in [7, 11) is -0.644. The third kappa shape index (κ3) is 6.37. The largest absolute Gasteiger partial charge is 0.365 e. The number of benzene rings is 1. The van der Waals surface area contributed by atoms with E-state index in [0.717, 1.165) is 12.8 Å². The predicted molar refractivity (Wildman–Crippen MR) is 98.3 cm³/mol. The van der Waals surface area contributed by atoms with Gasteiger partial charge in [-0.3, -0.25) is 4.79 Å². The fraction of sp³-hybridized carbons (Fsp3) is 0.500. The molecule has 132 valence electrons. The van der Waals surface area contributed by atoms with Crippen LogP contribution in [0.5, 0.6) is 0 Å². The lowest BCUT2D eigenvalue weighted by molar-refractivity contribution is -0.108. The number of rotatable bonds is 5. The van der Waals surface area contributed by atoms with Crippen molar-refractivity contribution >= 4 is 34.2 Å². The van der Waals surface area contributed by atoms with Gasteiger partial charge in [0.15, 0.2) is 5.11 Å². The Morgan fingerprint density at radius 3 is 2.38 bits per heavy atom. The summed E-state index contributed by atoms with van der Waals surface area (Å²) in [6, 6.07) is 8.29. The van der Waals surface area contributed by atoms with Crippen LogP contribution in [0, 0.1) is 12.8 Å². The fourth-order valence-electron chi connectivity index (χ4n) is 2.64. The van der Waals surface area contributed by atoms with Crippen LogP contribution in [0.4, 0.5) is 0 Å². The van der Waals surface area contributed by atoms with E-state index in [0.29, 0.717) is 23.4 Å². The third-order valence-corrected chi connectivity index (χ3v) is 4.57. The van der Waals surface area contributed by atoms with E-state index in [4.69, 9.17) is 0 Å². The SMILES string of the molecule is CCCC1C(N=S(=O)=O)C1c1ccc(C)cc1.CNC(=S)NC=O. The van der Waals surface area contributed by atoms with E-state index < -0.39 is 10.5 Å². The van der Waals surface area contributed by atoms with Gasteiger partial charge < -0.3 is 10.6 Å². The lowest BCUT2D eigenvalue weighted by atomic mass is 10.1. The number of hydrogen-bond donors (Lipinski definition) is 2. The van der Waals surface area contributed by atoms with Crippen molar-refractivity contribution in [3.05, 3.63) is 35.4 Å². The first kappa shape index (κ1) is 20.2. The maximum absolute atomic E-state index is 10.7. The highest BCUT2D eigenvalue weighted by molar-refractivity contribution is 7.80. The summed E-state index contributed by atoms with van der Waals surface area (Å²) in [6.45, 7) is 4.17. The van der Waals surface area contributed by atoms with Crippen LogP contribution in [0.15, 0.2) is 28.6 Å². The third-order valence-electron chi connectivity index (χ3n) is 3.84. The smallest absolute Gasteiger partial charge is 0.311 e. The number of amides is 1. The van der Waals surface area contributed by atoms with E-state index >= 15 is 0 Å². The molecule has 1 aliphatic rings. The van der Waals surface area contributed by atoms with E-state index in [-0.39, 0.29) is 6.04 Å². The van der Waals surface area contributed by atoms with Crippen LogP contribution in [0.25, 0.3) is 0 Å². The minimum atomic E-state index is -2.28. The van der Waals surface area contributed by atoms with Crippen molar-refractivity contribution in [1.29, 1.82) is 0 Å². The zero-order valence-corrected chi connectivity index (χ0v) is 15.7. The van der Waals surface area contributed by atoms with Crippen LogP contribution >= 0.6 is 12.2 Å². The van der Waals surface area contributed by atoms with Crippen LogP contribution < -0.4 is 10.6 Å². The number of carbonyl (C=O) groups excluding carboxylic acids is 1. The molecule has 1 aromatic carbocycles. The Kier molecular flexibility index (Phi) is 8.56. The second-order valence-corrected chi connectivity index (χ2v) is 6.60. The van der Waals surface area contributed by atoms with Gasteiger partial charge in [-0.05, 0) is 37.0 Å². The first-order chi connectivity index (χ1) is 11.4. The lowest BCUT2D eigenvalue weighted by Crippen LogP contribution is -2.30. The molecule has 8 heteroatoms. The molecule has 1 aliphatic carbocycles. The lowest BCUT2D eigenvalue weighted by Gasteiger charge is -1.99. The van der Waals surface area contributed by atoms with Crippen molar-refractivity contribution in [3.63, 3.8) is 0 Å². The van der Waals surface area contributed by atoms with Crippen molar-refractivity contribution in [2.45, 2.75) is 38.6 Å². The Hall–Kier alpha value is -1.80. The second-order valence-electron chi connectivity index (χ2n) is 5.54. The minimum absolute atomic E-state index is 0.0315. The summed E-state index contributed by atoms with van der Waals surface area (Å²) in [5.41, 5.74) is 2.44. The molecule has 3 unspecified atom stereocenters. The number of nitrogens with zero attached hydrogens (tertiary/aromatic N) is 1. The molecule has 1 aromatic rings. The van der Waals surface area contributed by atoms with E-state index in [1.807, 2.05) is 0 Å². The fourth-order valence-corrected chi connectivity index (χ4v) is 3.18. The van der Waals surface area contributed by atoms with Gasteiger partial charge in [-0.15, -0.1) is 0 Å². The molecule has 6 nitrogen and oxygen atoms in total. The Labute approximate surface area is 149 Å². The van der Waals surface area contributed by atoms with Gasteiger partial charge in [0.05, 0.1) is 6.04 Å². The zero-order valence-electron chi connectivity index (χ0n) is 14.0. The second kappa shape index (κ2) is 10.1. The van der Waals surface area contributed by atoms with E-state index in [1.165, 1.54) is 11.1 Å². The molecule has 0 radical (unpaired) electrons. The van der Waals surface area contributed by atoms with Crippen LogP contribution in [-0.2, 0) is 15.3 Å². The van der Waals surface area contributed by atoms with Gasteiger partial charge in [0.2, 0.25) is 6.41 Å². The molecule has 0 aliphatic heterocycles. The molecule has 0 saturated heterocycles.